The van der Waals surface area contributed by atoms with Gasteiger partial charge in [-0.05, 0) is 24.6 Å². The van der Waals surface area contributed by atoms with Gasteiger partial charge in [-0.3, -0.25) is 0 Å². The van der Waals surface area contributed by atoms with Crippen LogP contribution in [0.25, 0.3) is 0 Å². The summed E-state index contributed by atoms with van der Waals surface area (Å²) in [4.78, 5) is 4.56. The molecule has 2 rings (SSSR count). The van der Waals surface area contributed by atoms with Gasteiger partial charge in [-0.2, -0.15) is 4.31 Å². The number of sulfonamides is 1. The maximum Gasteiger partial charge on any atom is 0.246 e. The van der Waals surface area contributed by atoms with Crippen molar-refractivity contribution in [1.29, 1.82) is 0 Å². The van der Waals surface area contributed by atoms with Crippen LogP contribution >= 0.6 is 11.3 Å². The predicted molar refractivity (Wildman–Crippen MR) is 79.8 cm³/mol. The minimum Gasteiger partial charge on any atom is -0.326 e. The summed E-state index contributed by atoms with van der Waals surface area (Å²) in [6.07, 6.45) is 0. The lowest BCUT2D eigenvalue weighted by atomic mass is 10.2. The van der Waals surface area contributed by atoms with E-state index in [1.807, 2.05) is 6.92 Å². The molecule has 0 bridgehead atoms. The summed E-state index contributed by atoms with van der Waals surface area (Å²) in [5.41, 5.74) is 8.39. The minimum atomic E-state index is -3.89. The summed E-state index contributed by atoms with van der Waals surface area (Å²) in [6.45, 7) is 2.13. The number of halogens is 1. The Morgan fingerprint density at radius 1 is 1.43 bits per heavy atom. The molecule has 1 heterocycles. The molecule has 0 aliphatic heterocycles. The average Bonchev–Trinajstić information content (AvgIpc) is 2.83. The molecule has 0 aliphatic rings. The second-order valence-electron chi connectivity index (χ2n) is 4.59. The van der Waals surface area contributed by atoms with E-state index in [-0.39, 0.29) is 18.0 Å². The highest BCUT2D eigenvalue weighted by molar-refractivity contribution is 7.89. The zero-order valence-corrected chi connectivity index (χ0v) is 13.3. The molecule has 0 radical (unpaired) electrons. The van der Waals surface area contributed by atoms with Gasteiger partial charge in [0.15, 0.2) is 0 Å². The van der Waals surface area contributed by atoms with Crippen LogP contribution in [0, 0.1) is 12.7 Å². The summed E-state index contributed by atoms with van der Waals surface area (Å²) in [5.74, 6) is -0.786. The number of hydrogen-bond acceptors (Lipinski definition) is 5. The van der Waals surface area contributed by atoms with Crippen LogP contribution in [0.3, 0.4) is 0 Å². The molecule has 8 heteroatoms. The zero-order chi connectivity index (χ0) is 15.6. The quantitative estimate of drug-likeness (QED) is 0.908. The Bertz CT molecular complexity index is 744. The SMILES string of the molecule is Cc1ncsc1CN(C)S(=O)(=O)c1ccc(CN)cc1F. The van der Waals surface area contributed by atoms with E-state index in [2.05, 4.69) is 4.98 Å². The summed E-state index contributed by atoms with van der Waals surface area (Å²) < 4.78 is 40.0. The van der Waals surface area contributed by atoms with Crippen LogP contribution in [0.1, 0.15) is 16.1 Å². The lowest BCUT2D eigenvalue weighted by Crippen LogP contribution is -2.27. The highest BCUT2D eigenvalue weighted by atomic mass is 32.2. The smallest absolute Gasteiger partial charge is 0.246 e. The molecule has 0 aliphatic carbocycles. The molecule has 0 unspecified atom stereocenters. The minimum absolute atomic E-state index is 0.160. The third kappa shape index (κ3) is 3.29. The maximum absolute atomic E-state index is 14.0. The van der Waals surface area contributed by atoms with Gasteiger partial charge in [0.05, 0.1) is 11.2 Å². The molecule has 0 atom stereocenters. The van der Waals surface area contributed by atoms with Crippen molar-refractivity contribution in [3.05, 3.63) is 45.7 Å². The number of thiazole rings is 1. The van der Waals surface area contributed by atoms with E-state index in [9.17, 15) is 12.8 Å². The van der Waals surface area contributed by atoms with Crippen LogP contribution in [-0.4, -0.2) is 24.8 Å². The van der Waals surface area contributed by atoms with Crippen molar-refractivity contribution in [3.63, 3.8) is 0 Å². The second-order valence-corrected chi connectivity index (χ2v) is 7.54. The van der Waals surface area contributed by atoms with E-state index < -0.39 is 15.8 Å². The van der Waals surface area contributed by atoms with Crippen molar-refractivity contribution in [2.75, 3.05) is 7.05 Å². The van der Waals surface area contributed by atoms with E-state index in [0.717, 1.165) is 20.9 Å². The topological polar surface area (TPSA) is 76.3 Å². The Morgan fingerprint density at radius 2 is 2.14 bits per heavy atom. The molecule has 21 heavy (non-hydrogen) atoms. The summed E-state index contributed by atoms with van der Waals surface area (Å²) >= 11 is 1.37. The predicted octanol–water partition coefficient (Wildman–Crippen LogP) is 1.87. The van der Waals surface area contributed by atoms with Crippen LogP contribution in [0.15, 0.2) is 28.6 Å². The Hall–Kier alpha value is -1.35. The Kier molecular flexibility index (Phi) is 4.72. The third-order valence-electron chi connectivity index (χ3n) is 3.13. The van der Waals surface area contributed by atoms with E-state index in [4.69, 9.17) is 5.73 Å². The first-order valence-electron chi connectivity index (χ1n) is 6.20. The fourth-order valence-corrected chi connectivity index (χ4v) is 3.91. The summed E-state index contributed by atoms with van der Waals surface area (Å²) in [6, 6.07) is 3.92. The largest absolute Gasteiger partial charge is 0.326 e. The van der Waals surface area contributed by atoms with E-state index in [1.165, 1.54) is 30.5 Å². The van der Waals surface area contributed by atoms with Gasteiger partial charge >= 0.3 is 0 Å². The van der Waals surface area contributed by atoms with Crippen LogP contribution in [-0.2, 0) is 23.1 Å². The first-order valence-corrected chi connectivity index (χ1v) is 8.52. The van der Waals surface area contributed by atoms with Gasteiger partial charge in [-0.1, -0.05) is 6.07 Å². The second kappa shape index (κ2) is 6.18. The molecule has 0 amide bonds. The highest BCUT2D eigenvalue weighted by Gasteiger charge is 2.25. The molecule has 1 aromatic heterocycles. The number of aromatic nitrogens is 1. The monoisotopic (exact) mass is 329 g/mol. The summed E-state index contributed by atoms with van der Waals surface area (Å²) in [5, 5.41) is 0. The van der Waals surface area contributed by atoms with Gasteiger partial charge in [0.2, 0.25) is 10.0 Å². The molecule has 5 nitrogen and oxygen atoms in total. The average molecular weight is 329 g/mol. The fraction of sp³-hybridized carbons (Fsp3) is 0.308. The van der Waals surface area contributed by atoms with Crippen LogP contribution in [0.2, 0.25) is 0 Å². The summed E-state index contributed by atoms with van der Waals surface area (Å²) in [7, 11) is -2.47. The van der Waals surface area contributed by atoms with Crippen molar-refractivity contribution in [2.24, 2.45) is 5.73 Å². The van der Waals surface area contributed by atoms with E-state index in [0.29, 0.717) is 5.56 Å². The number of rotatable bonds is 5. The van der Waals surface area contributed by atoms with Gasteiger partial charge in [0, 0.05) is 25.0 Å². The van der Waals surface area contributed by atoms with Crippen LogP contribution < -0.4 is 5.73 Å². The van der Waals surface area contributed by atoms with Gasteiger partial charge < -0.3 is 5.73 Å². The maximum atomic E-state index is 14.0. The molecule has 1 aromatic carbocycles. The van der Waals surface area contributed by atoms with Crippen molar-refractivity contribution >= 4 is 21.4 Å². The first kappa shape index (κ1) is 16.0. The van der Waals surface area contributed by atoms with Crippen LogP contribution in [0.4, 0.5) is 4.39 Å². The molecule has 114 valence electrons. The first-order chi connectivity index (χ1) is 9.86. The third-order valence-corrected chi connectivity index (χ3v) is 5.89. The van der Waals surface area contributed by atoms with Crippen LogP contribution in [0.5, 0.6) is 0 Å². The molecular weight excluding hydrogens is 313 g/mol. The molecule has 0 saturated carbocycles. The fourth-order valence-electron chi connectivity index (χ4n) is 1.81. The van der Waals surface area contributed by atoms with Gasteiger partial charge in [0.25, 0.3) is 0 Å². The standard InChI is InChI=1S/C13H16FN3O2S2/c1-9-12(20-8-16-9)7-17(2)21(18,19)13-4-3-10(6-15)5-11(13)14/h3-5,8H,6-7,15H2,1-2H3. The number of benzene rings is 1. The molecule has 2 N–H and O–H groups in total. The molecule has 0 saturated heterocycles. The van der Waals surface area contributed by atoms with Gasteiger partial charge in [-0.25, -0.2) is 17.8 Å². The highest BCUT2D eigenvalue weighted by Crippen LogP contribution is 2.23. The molecule has 0 fully saturated rings. The molecule has 0 spiro atoms. The Balaban J connectivity index is 2.31. The lowest BCUT2D eigenvalue weighted by Gasteiger charge is -2.17. The Labute approximate surface area is 127 Å². The number of hydrogen-bond donors (Lipinski definition) is 1. The zero-order valence-electron chi connectivity index (χ0n) is 11.7. The normalized spacial score (nSPS) is 12.0. The molecule has 2 aromatic rings. The van der Waals surface area contributed by atoms with Crippen molar-refractivity contribution in [3.8, 4) is 0 Å². The van der Waals surface area contributed by atoms with E-state index >= 15 is 0 Å². The van der Waals surface area contributed by atoms with Crippen molar-refractivity contribution in [2.45, 2.75) is 24.9 Å². The van der Waals surface area contributed by atoms with E-state index in [1.54, 1.807) is 5.51 Å². The number of aryl methyl sites for hydroxylation is 1. The van der Waals surface area contributed by atoms with Gasteiger partial charge in [-0.15, -0.1) is 11.3 Å². The van der Waals surface area contributed by atoms with Crippen molar-refractivity contribution in [1.82, 2.24) is 9.29 Å². The number of nitrogens with zero attached hydrogens (tertiary/aromatic N) is 2. The number of nitrogens with two attached hydrogens (primary N) is 1. The van der Waals surface area contributed by atoms with Gasteiger partial charge in [0.1, 0.15) is 10.7 Å². The van der Waals surface area contributed by atoms with Crippen molar-refractivity contribution < 1.29 is 12.8 Å². The Morgan fingerprint density at radius 3 is 2.67 bits per heavy atom. The molecular formula is C13H16FN3O2S2. The lowest BCUT2D eigenvalue weighted by molar-refractivity contribution is 0.461.